The van der Waals surface area contributed by atoms with Gasteiger partial charge in [0.2, 0.25) is 5.91 Å². The van der Waals surface area contributed by atoms with E-state index in [9.17, 15) is 19.5 Å². The number of aliphatic hydroxyl groups is 2. The number of nitrogens with one attached hydrogen (secondary N) is 4. The van der Waals surface area contributed by atoms with Crippen molar-refractivity contribution in [3.8, 4) is 0 Å². The third-order valence-electron chi connectivity index (χ3n) is 3.40. The number of carboxylic acids is 1. The van der Waals surface area contributed by atoms with Crippen LogP contribution in [0.1, 0.15) is 13.3 Å². The fourth-order valence-corrected chi connectivity index (χ4v) is 3.31. The van der Waals surface area contributed by atoms with Crippen LogP contribution in [0.3, 0.4) is 0 Å². The van der Waals surface area contributed by atoms with Crippen molar-refractivity contribution in [2.75, 3.05) is 6.61 Å². The van der Waals surface area contributed by atoms with Gasteiger partial charge in [0.25, 0.3) is 0 Å². The monoisotopic (exact) mass is 380 g/mol. The van der Waals surface area contributed by atoms with E-state index in [-0.39, 0.29) is 18.4 Å². The summed E-state index contributed by atoms with van der Waals surface area (Å²) in [5.74, 6) is -2.08. The fourth-order valence-electron chi connectivity index (χ4n) is 2.08. The zero-order chi connectivity index (χ0) is 19.1. The van der Waals surface area contributed by atoms with Gasteiger partial charge in [0.1, 0.15) is 0 Å². The number of carbonyl (C=O) groups excluding carboxylic acids is 2. The second-order valence-corrected chi connectivity index (χ2v) is 6.85. The third-order valence-corrected chi connectivity index (χ3v) is 4.90. The summed E-state index contributed by atoms with van der Waals surface area (Å²) in [7, 11) is 0. The van der Waals surface area contributed by atoms with Crippen LogP contribution in [0.15, 0.2) is 0 Å². The van der Waals surface area contributed by atoms with Crippen LogP contribution < -0.4 is 33.0 Å². The first kappa shape index (κ1) is 21.4. The van der Waals surface area contributed by atoms with Crippen molar-refractivity contribution in [1.82, 2.24) is 21.5 Å². The molecular weight excluding hydrogens is 356 g/mol. The molecule has 1 aliphatic heterocycles. The second-order valence-electron chi connectivity index (χ2n) is 5.56. The van der Waals surface area contributed by atoms with Gasteiger partial charge < -0.3 is 37.4 Å². The van der Waals surface area contributed by atoms with Crippen LogP contribution in [0.25, 0.3) is 0 Å². The molecule has 3 amide bonds. The first-order valence-corrected chi connectivity index (χ1v) is 8.39. The van der Waals surface area contributed by atoms with Gasteiger partial charge >= 0.3 is 12.0 Å². The van der Waals surface area contributed by atoms with Crippen LogP contribution in [0.2, 0.25) is 0 Å². The Labute approximate surface area is 148 Å². The number of thioether (sulfide) groups is 1. The van der Waals surface area contributed by atoms with Gasteiger partial charge in [-0.15, -0.1) is 11.8 Å². The molecule has 25 heavy (non-hydrogen) atoms. The van der Waals surface area contributed by atoms with Crippen molar-refractivity contribution >= 4 is 29.7 Å². The molecule has 0 aromatic heterocycles. The number of hydrazine groups is 1. The smallest absolute Gasteiger partial charge is 0.328 e. The Bertz CT molecular complexity index is 495. The minimum Gasteiger partial charge on any atom is -0.480 e. The number of urea groups is 1. The van der Waals surface area contributed by atoms with Crippen LogP contribution in [0, 0.1) is 0 Å². The number of rotatable bonds is 9. The highest BCUT2D eigenvalue weighted by molar-refractivity contribution is 8.00. The lowest BCUT2D eigenvalue weighted by atomic mass is 10.2. The molecule has 1 saturated heterocycles. The van der Waals surface area contributed by atoms with Crippen LogP contribution in [0.4, 0.5) is 4.79 Å². The van der Waals surface area contributed by atoms with Crippen molar-refractivity contribution in [3.05, 3.63) is 0 Å². The molecule has 1 aliphatic rings. The summed E-state index contributed by atoms with van der Waals surface area (Å²) in [5, 5.41) is 31.1. The molecule has 1 heterocycles. The van der Waals surface area contributed by atoms with Crippen molar-refractivity contribution < 1.29 is 29.7 Å². The Morgan fingerprint density at radius 2 is 1.84 bits per heavy atom. The van der Waals surface area contributed by atoms with Crippen LogP contribution in [-0.4, -0.2) is 74.8 Å². The average Bonchev–Trinajstić information content (AvgIpc) is 3.00. The summed E-state index contributed by atoms with van der Waals surface area (Å²) in [4.78, 5) is 34.3. The lowest BCUT2D eigenvalue weighted by molar-refractivity contribution is -0.141. The molecule has 0 aliphatic carbocycles. The van der Waals surface area contributed by atoms with E-state index in [2.05, 4.69) is 21.5 Å². The fraction of sp³-hybridized carbons (Fsp3) is 0.750. The number of carbonyl (C=O) groups is 3. The molecule has 1 rings (SSSR count). The van der Waals surface area contributed by atoms with Gasteiger partial charge in [-0.1, -0.05) is 0 Å². The summed E-state index contributed by atoms with van der Waals surface area (Å²) < 4.78 is 0. The van der Waals surface area contributed by atoms with E-state index in [1.54, 1.807) is 0 Å². The Morgan fingerprint density at radius 1 is 1.24 bits per heavy atom. The molecular formula is C12H24N6O6S. The normalized spacial score (nSPS) is 24.8. The van der Waals surface area contributed by atoms with E-state index in [0.29, 0.717) is 0 Å². The quantitative estimate of drug-likeness (QED) is 0.190. The van der Waals surface area contributed by atoms with Crippen molar-refractivity contribution in [2.45, 2.75) is 48.3 Å². The van der Waals surface area contributed by atoms with Crippen molar-refractivity contribution in [2.24, 2.45) is 11.5 Å². The first-order valence-electron chi connectivity index (χ1n) is 7.44. The van der Waals surface area contributed by atoms with Crippen molar-refractivity contribution in [1.29, 1.82) is 0 Å². The first-order chi connectivity index (χ1) is 11.6. The SMILES string of the molecule is CC(O)[C@H](NC(=O)N[C@@H](CC(N)=O)C1NNC([C@@H](N)CO)S1)C(=O)O. The van der Waals surface area contributed by atoms with E-state index in [0.717, 1.165) is 0 Å². The highest BCUT2D eigenvalue weighted by Gasteiger charge is 2.36. The van der Waals surface area contributed by atoms with E-state index >= 15 is 0 Å². The number of aliphatic hydroxyl groups excluding tert-OH is 2. The summed E-state index contributed by atoms with van der Waals surface area (Å²) >= 11 is 1.24. The molecule has 0 aromatic rings. The summed E-state index contributed by atoms with van der Waals surface area (Å²) in [6.45, 7) is 0.960. The Hall–Kier alpha value is -1.64. The van der Waals surface area contributed by atoms with Gasteiger partial charge in [0, 0.05) is 6.42 Å². The summed E-state index contributed by atoms with van der Waals surface area (Å²) in [6, 6.07) is -3.74. The molecule has 0 bridgehead atoms. The zero-order valence-corrected chi connectivity index (χ0v) is 14.3. The zero-order valence-electron chi connectivity index (χ0n) is 13.5. The molecule has 1 fully saturated rings. The number of hydrogen-bond acceptors (Lipinski definition) is 9. The van der Waals surface area contributed by atoms with Crippen molar-refractivity contribution in [3.63, 3.8) is 0 Å². The predicted molar refractivity (Wildman–Crippen MR) is 88.9 cm³/mol. The molecule has 3 unspecified atom stereocenters. The summed E-state index contributed by atoms with van der Waals surface area (Å²) in [6.07, 6.45) is -1.53. The molecule has 0 saturated carbocycles. The predicted octanol–water partition coefficient (Wildman–Crippen LogP) is -3.82. The maximum atomic E-state index is 12.0. The number of aliphatic carboxylic acids is 1. The maximum absolute atomic E-state index is 12.0. The largest absolute Gasteiger partial charge is 0.480 e. The number of nitrogens with two attached hydrogens (primary N) is 2. The number of hydrogen-bond donors (Lipinski definition) is 9. The Kier molecular flexibility index (Phi) is 8.34. The molecule has 13 heteroatoms. The van der Waals surface area contributed by atoms with Crippen LogP contribution >= 0.6 is 11.8 Å². The molecule has 0 spiro atoms. The van der Waals surface area contributed by atoms with Crippen LogP contribution in [-0.2, 0) is 9.59 Å². The van der Waals surface area contributed by atoms with Gasteiger partial charge in [-0.3, -0.25) is 4.79 Å². The van der Waals surface area contributed by atoms with Gasteiger partial charge in [0.05, 0.1) is 35.5 Å². The van der Waals surface area contributed by atoms with Gasteiger partial charge in [-0.05, 0) is 6.92 Å². The second kappa shape index (κ2) is 9.74. The average molecular weight is 380 g/mol. The highest BCUT2D eigenvalue weighted by Crippen LogP contribution is 2.24. The number of carboxylic acid groups (broad SMARTS) is 1. The highest BCUT2D eigenvalue weighted by atomic mass is 32.2. The standard InChI is InChI=1S/C12H24N6O6S/c1-4(20)8(11(22)23)16-12(24)15-6(2-7(14)21)10-18-17-9(25-10)5(13)3-19/h4-6,8-10,17-20H,2-3,13H2,1H3,(H2,14,21)(H,22,23)(H2,15,16,24)/t4?,5-,6-,8-,9?,10?/m0/s1. The van der Waals surface area contributed by atoms with E-state index in [1.807, 2.05) is 0 Å². The van der Waals surface area contributed by atoms with Crippen LogP contribution in [0.5, 0.6) is 0 Å². The van der Waals surface area contributed by atoms with Gasteiger partial charge in [0.15, 0.2) is 6.04 Å². The van der Waals surface area contributed by atoms with Gasteiger partial charge in [-0.2, -0.15) is 0 Å². The number of primary amides is 1. The molecule has 11 N–H and O–H groups in total. The third kappa shape index (κ3) is 6.64. The molecule has 6 atom stereocenters. The minimum absolute atomic E-state index is 0.215. The molecule has 144 valence electrons. The van der Waals surface area contributed by atoms with Gasteiger partial charge in [-0.25, -0.2) is 20.4 Å². The maximum Gasteiger partial charge on any atom is 0.328 e. The van der Waals surface area contributed by atoms with E-state index in [1.165, 1.54) is 18.7 Å². The molecule has 0 aromatic carbocycles. The lowest BCUT2D eigenvalue weighted by Gasteiger charge is -2.25. The Morgan fingerprint density at radius 3 is 2.32 bits per heavy atom. The molecule has 12 nitrogen and oxygen atoms in total. The van der Waals surface area contributed by atoms with E-state index < -0.39 is 47.5 Å². The summed E-state index contributed by atoms with van der Waals surface area (Å²) in [5.41, 5.74) is 16.6. The molecule has 0 radical (unpaired) electrons. The Balaban J connectivity index is 2.71. The minimum atomic E-state index is -1.51. The topological polar surface area (TPSA) is 212 Å². The lowest BCUT2D eigenvalue weighted by Crippen LogP contribution is -2.57. The van der Waals surface area contributed by atoms with E-state index in [4.69, 9.17) is 21.7 Å². The number of amides is 3.